The third-order valence-electron chi connectivity index (χ3n) is 3.10. The third kappa shape index (κ3) is 3.89. The van der Waals surface area contributed by atoms with E-state index < -0.39 is 0 Å². The van der Waals surface area contributed by atoms with Crippen LogP contribution >= 0.6 is 12.4 Å². The summed E-state index contributed by atoms with van der Waals surface area (Å²) in [6.45, 7) is 1.41. The van der Waals surface area contributed by atoms with Gasteiger partial charge in [-0.1, -0.05) is 48.6 Å². The standard InChI is InChI=1S/2C9H8O.ClH/c2*1-2-6-9-8(4-1)5-3-7-10-9;/h2*1-6H,7H2;1H. The van der Waals surface area contributed by atoms with Gasteiger partial charge in [0.1, 0.15) is 24.7 Å². The highest BCUT2D eigenvalue weighted by Gasteiger charge is 2.01. The number of rotatable bonds is 0. The maximum atomic E-state index is 5.34. The van der Waals surface area contributed by atoms with Crippen LogP contribution in [0.4, 0.5) is 0 Å². The van der Waals surface area contributed by atoms with E-state index in [0.29, 0.717) is 13.2 Å². The van der Waals surface area contributed by atoms with Crippen molar-refractivity contribution in [3.8, 4) is 11.5 Å². The van der Waals surface area contributed by atoms with Crippen LogP contribution in [0.15, 0.2) is 60.7 Å². The summed E-state index contributed by atoms with van der Waals surface area (Å²) in [4.78, 5) is 0. The lowest BCUT2D eigenvalue weighted by Crippen LogP contribution is -1.98. The molecule has 2 aromatic rings. The second-order valence-electron chi connectivity index (χ2n) is 4.50. The molecular formula is C18H17ClO2. The molecular weight excluding hydrogens is 284 g/mol. The fourth-order valence-electron chi connectivity index (χ4n) is 2.13. The van der Waals surface area contributed by atoms with Gasteiger partial charge in [-0.05, 0) is 24.3 Å². The topological polar surface area (TPSA) is 18.5 Å². The zero-order valence-corrected chi connectivity index (χ0v) is 12.4. The molecule has 108 valence electrons. The highest BCUT2D eigenvalue weighted by molar-refractivity contribution is 5.85. The molecule has 0 bridgehead atoms. The predicted octanol–water partition coefficient (Wildman–Crippen LogP) is 4.61. The van der Waals surface area contributed by atoms with Gasteiger partial charge >= 0.3 is 0 Å². The first-order valence-electron chi connectivity index (χ1n) is 6.70. The second-order valence-corrected chi connectivity index (χ2v) is 4.50. The molecule has 2 aliphatic rings. The maximum absolute atomic E-state index is 5.34. The minimum absolute atomic E-state index is 0. The van der Waals surface area contributed by atoms with Crippen LogP contribution in [0.3, 0.4) is 0 Å². The zero-order chi connectivity index (χ0) is 13.6. The Morgan fingerprint density at radius 3 is 1.48 bits per heavy atom. The summed E-state index contributed by atoms with van der Waals surface area (Å²) >= 11 is 0. The Labute approximate surface area is 131 Å². The van der Waals surface area contributed by atoms with Crippen LogP contribution in [0.2, 0.25) is 0 Å². The summed E-state index contributed by atoms with van der Waals surface area (Å²) in [7, 11) is 0. The zero-order valence-electron chi connectivity index (χ0n) is 11.6. The third-order valence-corrected chi connectivity index (χ3v) is 3.10. The van der Waals surface area contributed by atoms with Gasteiger partial charge in [-0.25, -0.2) is 0 Å². The summed E-state index contributed by atoms with van der Waals surface area (Å²) < 4.78 is 10.7. The molecule has 0 unspecified atom stereocenters. The van der Waals surface area contributed by atoms with Crippen molar-refractivity contribution in [3.63, 3.8) is 0 Å². The summed E-state index contributed by atoms with van der Waals surface area (Å²) in [6.07, 6.45) is 8.20. The lowest BCUT2D eigenvalue weighted by Gasteiger charge is -2.10. The summed E-state index contributed by atoms with van der Waals surface area (Å²) in [5, 5.41) is 0. The van der Waals surface area contributed by atoms with Gasteiger partial charge in [0.2, 0.25) is 0 Å². The second kappa shape index (κ2) is 7.55. The van der Waals surface area contributed by atoms with Crippen molar-refractivity contribution in [2.24, 2.45) is 0 Å². The Morgan fingerprint density at radius 2 is 1.05 bits per heavy atom. The van der Waals surface area contributed by atoms with Crippen molar-refractivity contribution in [2.45, 2.75) is 0 Å². The first kappa shape index (κ1) is 15.2. The molecule has 0 aromatic heterocycles. The summed E-state index contributed by atoms with van der Waals surface area (Å²) in [6, 6.07) is 16.1. The van der Waals surface area contributed by atoms with Gasteiger partial charge in [0.15, 0.2) is 0 Å². The number of fused-ring (bicyclic) bond motifs is 2. The Balaban J connectivity index is 0.000000147. The lowest BCUT2D eigenvalue weighted by atomic mass is 10.1. The molecule has 0 aliphatic carbocycles. The molecule has 0 saturated heterocycles. The fraction of sp³-hybridized carbons (Fsp3) is 0.111. The Bertz CT molecular complexity index is 590. The molecule has 0 radical (unpaired) electrons. The van der Waals surface area contributed by atoms with Crippen LogP contribution in [-0.2, 0) is 0 Å². The molecule has 2 aromatic carbocycles. The molecule has 2 heterocycles. The highest BCUT2D eigenvalue weighted by atomic mass is 35.5. The number of halogens is 1. The number of hydrogen-bond acceptors (Lipinski definition) is 2. The van der Waals surface area contributed by atoms with Crippen molar-refractivity contribution in [1.82, 2.24) is 0 Å². The average molecular weight is 301 g/mol. The quantitative estimate of drug-likeness (QED) is 0.707. The average Bonchev–Trinajstić information content (AvgIpc) is 2.56. The molecule has 0 atom stereocenters. The van der Waals surface area contributed by atoms with Gasteiger partial charge in [0, 0.05) is 11.1 Å². The number of ether oxygens (including phenoxy) is 2. The SMILES string of the molecule is C1=Cc2ccccc2OC1.C1=Cc2ccccc2OC1.Cl. The molecule has 0 spiro atoms. The van der Waals surface area contributed by atoms with E-state index in [-0.39, 0.29) is 12.4 Å². The van der Waals surface area contributed by atoms with Crippen molar-refractivity contribution < 1.29 is 9.47 Å². The molecule has 0 amide bonds. The van der Waals surface area contributed by atoms with Gasteiger partial charge in [-0.2, -0.15) is 0 Å². The maximum Gasteiger partial charge on any atom is 0.126 e. The van der Waals surface area contributed by atoms with E-state index in [1.807, 2.05) is 60.7 Å². The fourth-order valence-corrected chi connectivity index (χ4v) is 2.13. The van der Waals surface area contributed by atoms with Crippen LogP contribution in [0.5, 0.6) is 11.5 Å². The normalized spacial score (nSPS) is 13.3. The van der Waals surface area contributed by atoms with Crippen molar-refractivity contribution in [1.29, 1.82) is 0 Å². The van der Waals surface area contributed by atoms with Crippen molar-refractivity contribution in [3.05, 3.63) is 71.8 Å². The van der Waals surface area contributed by atoms with E-state index in [2.05, 4.69) is 12.2 Å². The summed E-state index contributed by atoms with van der Waals surface area (Å²) in [5.74, 6) is 1.98. The minimum atomic E-state index is 0. The smallest absolute Gasteiger partial charge is 0.126 e. The van der Waals surface area contributed by atoms with E-state index in [1.54, 1.807) is 0 Å². The van der Waals surface area contributed by atoms with E-state index in [4.69, 9.17) is 9.47 Å². The van der Waals surface area contributed by atoms with Gasteiger partial charge < -0.3 is 9.47 Å². The van der Waals surface area contributed by atoms with Gasteiger partial charge in [-0.15, -0.1) is 12.4 Å². The monoisotopic (exact) mass is 300 g/mol. The van der Waals surface area contributed by atoms with Crippen molar-refractivity contribution >= 4 is 24.6 Å². The first-order valence-corrected chi connectivity index (χ1v) is 6.70. The lowest BCUT2D eigenvalue weighted by molar-refractivity contribution is 0.358. The van der Waals surface area contributed by atoms with E-state index in [0.717, 1.165) is 11.5 Å². The molecule has 21 heavy (non-hydrogen) atoms. The Morgan fingerprint density at radius 1 is 0.619 bits per heavy atom. The molecule has 2 nitrogen and oxygen atoms in total. The van der Waals surface area contributed by atoms with Gasteiger partial charge in [0.05, 0.1) is 0 Å². The van der Waals surface area contributed by atoms with Crippen LogP contribution in [0, 0.1) is 0 Å². The highest BCUT2D eigenvalue weighted by Crippen LogP contribution is 2.22. The van der Waals surface area contributed by atoms with E-state index in [9.17, 15) is 0 Å². The molecule has 0 N–H and O–H groups in total. The van der Waals surface area contributed by atoms with Gasteiger partial charge in [-0.3, -0.25) is 0 Å². The summed E-state index contributed by atoms with van der Waals surface area (Å²) in [5.41, 5.74) is 2.35. The van der Waals surface area contributed by atoms with Crippen LogP contribution < -0.4 is 9.47 Å². The van der Waals surface area contributed by atoms with Crippen LogP contribution in [-0.4, -0.2) is 13.2 Å². The Hall–Kier alpha value is -2.19. The molecule has 0 fully saturated rings. The molecule has 2 aliphatic heterocycles. The minimum Gasteiger partial charge on any atom is -0.489 e. The number of hydrogen-bond donors (Lipinski definition) is 0. The van der Waals surface area contributed by atoms with Crippen LogP contribution in [0.25, 0.3) is 12.2 Å². The van der Waals surface area contributed by atoms with Crippen LogP contribution in [0.1, 0.15) is 11.1 Å². The van der Waals surface area contributed by atoms with Crippen molar-refractivity contribution in [2.75, 3.05) is 13.2 Å². The number of para-hydroxylation sites is 2. The number of benzene rings is 2. The van der Waals surface area contributed by atoms with E-state index >= 15 is 0 Å². The first-order chi connectivity index (χ1) is 9.93. The largest absolute Gasteiger partial charge is 0.489 e. The molecule has 4 rings (SSSR count). The predicted molar refractivity (Wildman–Crippen MR) is 89.2 cm³/mol. The molecule has 3 heteroatoms. The van der Waals surface area contributed by atoms with E-state index in [1.165, 1.54) is 11.1 Å². The van der Waals surface area contributed by atoms with Gasteiger partial charge in [0.25, 0.3) is 0 Å². The molecule has 0 saturated carbocycles. The Kier molecular flexibility index (Phi) is 5.47.